The Morgan fingerprint density at radius 1 is 1.27 bits per heavy atom. The van der Waals surface area contributed by atoms with Crippen LogP contribution >= 0.6 is 31.9 Å². The fourth-order valence-corrected chi connectivity index (χ4v) is 3.57. The average Bonchev–Trinajstić information content (AvgIpc) is 2.53. The van der Waals surface area contributed by atoms with Gasteiger partial charge in [0.25, 0.3) is 0 Å². The normalized spacial score (nSPS) is 30.7. The molecule has 1 aromatic rings. The second kappa shape index (κ2) is 5.01. The molecule has 82 valence electrons. The first-order valence-electron chi connectivity index (χ1n) is 5.56. The van der Waals surface area contributed by atoms with E-state index >= 15 is 0 Å². The molecule has 0 aromatic heterocycles. The highest BCUT2D eigenvalue weighted by atomic mass is 79.9. The summed E-state index contributed by atoms with van der Waals surface area (Å²) in [5, 5.41) is 0. The van der Waals surface area contributed by atoms with E-state index in [4.69, 9.17) is 0 Å². The molecule has 1 saturated carbocycles. The van der Waals surface area contributed by atoms with E-state index in [1.165, 1.54) is 29.3 Å². The Balaban J connectivity index is 2.07. The second-order valence-electron chi connectivity index (χ2n) is 4.51. The van der Waals surface area contributed by atoms with E-state index in [1.54, 1.807) is 0 Å². The third-order valence-electron chi connectivity index (χ3n) is 3.57. The van der Waals surface area contributed by atoms with Gasteiger partial charge in [-0.2, -0.15) is 0 Å². The van der Waals surface area contributed by atoms with E-state index in [1.807, 2.05) is 0 Å². The molecule has 1 aliphatic carbocycles. The summed E-state index contributed by atoms with van der Waals surface area (Å²) in [6.45, 7) is 2.37. The molecule has 0 bridgehead atoms. The number of rotatable bonds is 2. The van der Waals surface area contributed by atoms with Crippen molar-refractivity contribution in [3.63, 3.8) is 0 Å². The minimum absolute atomic E-state index is 0.727. The molecule has 2 heteroatoms. The summed E-state index contributed by atoms with van der Waals surface area (Å²) in [5.74, 6) is 1.64. The van der Waals surface area contributed by atoms with Gasteiger partial charge in [0, 0.05) is 9.30 Å². The van der Waals surface area contributed by atoms with Crippen LogP contribution in [0.25, 0.3) is 0 Å². The lowest BCUT2D eigenvalue weighted by molar-refractivity contribution is 0.423. The molecule has 2 rings (SSSR count). The Kier molecular flexibility index (Phi) is 3.89. The largest absolute Gasteiger partial charge is 0.0888 e. The predicted molar refractivity (Wildman–Crippen MR) is 72.4 cm³/mol. The topological polar surface area (TPSA) is 0 Å². The Morgan fingerprint density at radius 3 is 2.60 bits per heavy atom. The lowest BCUT2D eigenvalue weighted by Crippen LogP contribution is -2.13. The summed E-state index contributed by atoms with van der Waals surface area (Å²) >= 11 is 7.39. The zero-order valence-corrected chi connectivity index (χ0v) is 12.1. The predicted octanol–water partition coefficient (Wildman–Crippen LogP) is 4.80. The second-order valence-corrected chi connectivity index (χ2v) is 6.54. The smallest absolute Gasteiger partial charge is 0.0207 e. The van der Waals surface area contributed by atoms with E-state index < -0.39 is 0 Å². The summed E-state index contributed by atoms with van der Waals surface area (Å²) in [6.07, 6.45) is 3.90. The first kappa shape index (κ1) is 11.7. The molecule has 1 aliphatic rings. The monoisotopic (exact) mass is 330 g/mol. The van der Waals surface area contributed by atoms with E-state index in [2.05, 4.69) is 63.0 Å². The van der Waals surface area contributed by atoms with Gasteiger partial charge in [-0.3, -0.25) is 0 Å². The third kappa shape index (κ3) is 2.65. The third-order valence-corrected chi connectivity index (χ3v) is 5.63. The van der Waals surface area contributed by atoms with Gasteiger partial charge in [-0.1, -0.05) is 57.0 Å². The maximum Gasteiger partial charge on any atom is 0.0207 e. The molecule has 0 aliphatic heterocycles. The van der Waals surface area contributed by atoms with Crippen LogP contribution in [0.5, 0.6) is 0 Å². The number of alkyl halides is 1. The molecule has 0 nitrogen and oxygen atoms in total. The quantitative estimate of drug-likeness (QED) is 0.683. The highest BCUT2D eigenvalue weighted by Gasteiger charge is 2.30. The van der Waals surface area contributed by atoms with Crippen LogP contribution in [0.15, 0.2) is 28.7 Å². The average molecular weight is 332 g/mol. The Hall–Kier alpha value is 0.180. The summed E-state index contributed by atoms with van der Waals surface area (Å²) < 4.78 is 1.26. The van der Waals surface area contributed by atoms with E-state index in [0.29, 0.717) is 0 Å². The molecule has 0 spiro atoms. The van der Waals surface area contributed by atoms with Crippen molar-refractivity contribution in [3.8, 4) is 0 Å². The Labute approximate surface area is 109 Å². The van der Waals surface area contributed by atoms with Crippen molar-refractivity contribution in [2.45, 2.75) is 31.0 Å². The van der Waals surface area contributed by atoms with E-state index in [9.17, 15) is 0 Å². The zero-order valence-electron chi connectivity index (χ0n) is 8.92. The lowest BCUT2D eigenvalue weighted by atomic mass is 9.91. The van der Waals surface area contributed by atoms with Crippen LogP contribution in [0.1, 0.15) is 25.3 Å². The molecular weight excluding hydrogens is 316 g/mol. The van der Waals surface area contributed by atoms with Crippen LogP contribution in [0, 0.1) is 11.8 Å². The van der Waals surface area contributed by atoms with Gasteiger partial charge in [-0.05, 0) is 42.7 Å². The molecular formula is C13H16Br2. The Bertz CT molecular complexity index is 335. The molecule has 1 fully saturated rings. The molecule has 0 amide bonds. The minimum atomic E-state index is 0.727. The summed E-state index contributed by atoms with van der Waals surface area (Å²) in [6, 6.07) is 8.59. The van der Waals surface area contributed by atoms with Crippen molar-refractivity contribution >= 4 is 31.9 Å². The molecule has 0 heterocycles. The molecule has 1 aromatic carbocycles. The molecule has 15 heavy (non-hydrogen) atoms. The highest BCUT2D eigenvalue weighted by molar-refractivity contribution is 9.10. The van der Waals surface area contributed by atoms with Gasteiger partial charge in [0.1, 0.15) is 0 Å². The van der Waals surface area contributed by atoms with Gasteiger partial charge >= 0.3 is 0 Å². The van der Waals surface area contributed by atoms with Crippen molar-refractivity contribution in [1.82, 2.24) is 0 Å². The standard InChI is InChI=1S/C13H16Br2/c1-9-10(6-7-12(9)14)8-11-4-2-3-5-13(11)15/h2-5,9-10,12H,6-8H2,1H3. The van der Waals surface area contributed by atoms with Crippen LogP contribution in [-0.4, -0.2) is 4.83 Å². The van der Waals surface area contributed by atoms with Crippen LogP contribution < -0.4 is 0 Å². The summed E-state index contributed by atoms with van der Waals surface area (Å²) in [4.78, 5) is 0.727. The Morgan fingerprint density at radius 2 is 2.00 bits per heavy atom. The van der Waals surface area contributed by atoms with Crippen LogP contribution in [0.4, 0.5) is 0 Å². The van der Waals surface area contributed by atoms with Crippen molar-refractivity contribution in [2.24, 2.45) is 11.8 Å². The minimum Gasteiger partial charge on any atom is -0.0888 e. The first-order valence-corrected chi connectivity index (χ1v) is 7.27. The number of benzene rings is 1. The number of halogens is 2. The summed E-state index contributed by atoms with van der Waals surface area (Å²) in [5.41, 5.74) is 1.45. The fraction of sp³-hybridized carbons (Fsp3) is 0.538. The van der Waals surface area contributed by atoms with E-state index in [0.717, 1.165) is 16.7 Å². The fourth-order valence-electron chi connectivity index (χ4n) is 2.43. The van der Waals surface area contributed by atoms with Gasteiger partial charge in [0.15, 0.2) is 0 Å². The van der Waals surface area contributed by atoms with Crippen molar-refractivity contribution in [1.29, 1.82) is 0 Å². The van der Waals surface area contributed by atoms with Crippen molar-refractivity contribution in [3.05, 3.63) is 34.3 Å². The van der Waals surface area contributed by atoms with Crippen molar-refractivity contribution < 1.29 is 0 Å². The number of hydrogen-bond donors (Lipinski definition) is 0. The van der Waals surface area contributed by atoms with Gasteiger partial charge in [-0.15, -0.1) is 0 Å². The molecule has 0 N–H and O–H groups in total. The highest BCUT2D eigenvalue weighted by Crippen LogP contribution is 2.39. The van der Waals surface area contributed by atoms with Crippen molar-refractivity contribution in [2.75, 3.05) is 0 Å². The molecule has 3 unspecified atom stereocenters. The van der Waals surface area contributed by atoms with Crippen LogP contribution in [0.2, 0.25) is 0 Å². The maximum absolute atomic E-state index is 3.76. The van der Waals surface area contributed by atoms with Gasteiger partial charge in [0.05, 0.1) is 0 Å². The maximum atomic E-state index is 3.76. The first-order chi connectivity index (χ1) is 7.18. The lowest BCUT2D eigenvalue weighted by Gasteiger charge is -2.17. The number of hydrogen-bond acceptors (Lipinski definition) is 0. The molecule has 0 saturated heterocycles. The molecule has 0 radical (unpaired) electrons. The molecule has 3 atom stereocenters. The van der Waals surface area contributed by atoms with Gasteiger partial charge < -0.3 is 0 Å². The van der Waals surface area contributed by atoms with Gasteiger partial charge in [-0.25, -0.2) is 0 Å². The van der Waals surface area contributed by atoms with Crippen LogP contribution in [-0.2, 0) is 6.42 Å². The zero-order chi connectivity index (χ0) is 10.8. The van der Waals surface area contributed by atoms with Crippen LogP contribution in [0.3, 0.4) is 0 Å². The van der Waals surface area contributed by atoms with Gasteiger partial charge in [0.2, 0.25) is 0 Å². The SMILES string of the molecule is CC1C(Br)CCC1Cc1ccccc1Br. The summed E-state index contributed by atoms with van der Waals surface area (Å²) in [7, 11) is 0. The van der Waals surface area contributed by atoms with E-state index in [-0.39, 0.29) is 0 Å².